The summed E-state index contributed by atoms with van der Waals surface area (Å²) >= 11 is 1.88. The number of ether oxygens (including phenoxy) is 6. The lowest BCUT2D eigenvalue weighted by Gasteiger charge is -2.40. The van der Waals surface area contributed by atoms with E-state index < -0.39 is 0 Å². The van der Waals surface area contributed by atoms with Crippen LogP contribution in [0.3, 0.4) is 0 Å². The molecule has 56 heavy (non-hydrogen) atoms. The van der Waals surface area contributed by atoms with Crippen molar-refractivity contribution in [3.05, 3.63) is 90.0 Å². The minimum Gasteiger partial charge on any atom is -0.381 e. The van der Waals surface area contributed by atoms with Gasteiger partial charge in [0.1, 0.15) is 0 Å². The van der Waals surface area contributed by atoms with Gasteiger partial charge < -0.3 is 33.0 Å². The first-order chi connectivity index (χ1) is 27.6. The molecule has 298 valence electrons. The van der Waals surface area contributed by atoms with E-state index in [1.807, 2.05) is 11.3 Å². The highest BCUT2D eigenvalue weighted by Gasteiger charge is 2.37. The number of fused-ring (bicyclic) bond motifs is 7. The van der Waals surface area contributed by atoms with Crippen LogP contribution in [0.4, 0.5) is 0 Å². The van der Waals surface area contributed by atoms with Crippen molar-refractivity contribution in [1.82, 2.24) is 4.57 Å². The first-order valence-electron chi connectivity index (χ1n) is 21.0. The Balaban J connectivity index is 0.926. The van der Waals surface area contributed by atoms with Crippen LogP contribution in [0.2, 0.25) is 0 Å². The zero-order valence-electron chi connectivity index (χ0n) is 33.5. The Labute approximate surface area is 336 Å². The largest absolute Gasteiger partial charge is 0.381 e. The van der Waals surface area contributed by atoms with E-state index in [1.165, 1.54) is 58.8 Å². The van der Waals surface area contributed by atoms with Gasteiger partial charge in [-0.1, -0.05) is 44.2 Å². The number of nitrogens with zero attached hydrogens (tertiary/aromatic N) is 1. The van der Waals surface area contributed by atoms with E-state index in [0.29, 0.717) is 13.2 Å². The van der Waals surface area contributed by atoms with Crippen LogP contribution >= 0.6 is 11.3 Å². The highest BCUT2D eigenvalue weighted by molar-refractivity contribution is 7.26. The number of rotatable bonds is 23. The Hall–Kier alpha value is -3.34. The molecule has 2 aromatic heterocycles. The van der Waals surface area contributed by atoms with Crippen LogP contribution in [0.25, 0.3) is 47.7 Å². The number of aromatic nitrogens is 1. The van der Waals surface area contributed by atoms with Crippen LogP contribution in [0, 0.1) is 10.8 Å². The van der Waals surface area contributed by atoms with Gasteiger partial charge in [0.05, 0.1) is 63.9 Å². The van der Waals surface area contributed by atoms with E-state index in [0.717, 1.165) is 117 Å². The summed E-state index contributed by atoms with van der Waals surface area (Å²) in [6, 6.07) is 29.1. The average molecular weight is 778 g/mol. The number of benzene rings is 4. The molecular formula is C48H59NO6S. The van der Waals surface area contributed by atoms with Crippen molar-refractivity contribution >= 4 is 53.3 Å². The van der Waals surface area contributed by atoms with Gasteiger partial charge in [0, 0.05) is 73.9 Å². The van der Waals surface area contributed by atoms with Gasteiger partial charge in [0.15, 0.2) is 0 Å². The number of para-hydroxylation sites is 1. The lowest BCUT2D eigenvalue weighted by atomic mass is 9.84. The Kier molecular flexibility index (Phi) is 13.0. The fourth-order valence-corrected chi connectivity index (χ4v) is 9.29. The lowest BCUT2D eigenvalue weighted by Crippen LogP contribution is -2.45. The van der Waals surface area contributed by atoms with Gasteiger partial charge in [-0.2, -0.15) is 0 Å². The monoisotopic (exact) mass is 777 g/mol. The Morgan fingerprint density at radius 2 is 1.09 bits per heavy atom. The third kappa shape index (κ3) is 8.73. The van der Waals surface area contributed by atoms with E-state index in [2.05, 4.69) is 97.3 Å². The molecule has 4 heterocycles. The Morgan fingerprint density at radius 3 is 1.66 bits per heavy atom. The number of unbranched alkanes of at least 4 members (excludes halogenated alkanes) is 4. The summed E-state index contributed by atoms with van der Waals surface area (Å²) in [5, 5.41) is 5.21. The molecule has 8 heteroatoms. The molecule has 2 aliphatic rings. The molecule has 0 aliphatic carbocycles. The number of hydrogen-bond acceptors (Lipinski definition) is 7. The second kappa shape index (κ2) is 18.5. The van der Waals surface area contributed by atoms with Crippen molar-refractivity contribution in [3.63, 3.8) is 0 Å². The molecule has 2 aliphatic heterocycles. The fraction of sp³-hybridized carbons (Fsp3) is 0.500. The zero-order chi connectivity index (χ0) is 38.2. The second-order valence-corrected chi connectivity index (χ2v) is 17.4. The molecule has 2 fully saturated rings. The van der Waals surface area contributed by atoms with E-state index in [-0.39, 0.29) is 10.8 Å². The molecule has 0 N–H and O–H groups in total. The van der Waals surface area contributed by atoms with E-state index in [9.17, 15) is 0 Å². The normalized spacial score (nSPS) is 16.2. The molecule has 0 atom stereocenters. The molecule has 2 saturated heterocycles. The second-order valence-electron chi connectivity index (χ2n) is 16.3. The maximum absolute atomic E-state index is 6.25. The Bertz CT molecular complexity index is 2170. The summed E-state index contributed by atoms with van der Waals surface area (Å²) in [6.45, 7) is 13.9. The van der Waals surface area contributed by atoms with Crippen molar-refractivity contribution in [3.8, 4) is 5.69 Å². The third-order valence-corrected chi connectivity index (χ3v) is 13.3. The van der Waals surface area contributed by atoms with Crippen molar-refractivity contribution in [2.75, 3.05) is 66.1 Å². The van der Waals surface area contributed by atoms with Gasteiger partial charge in [-0.05, 0) is 111 Å². The molecule has 0 bridgehead atoms. The standard InChI is InChI=1S/C48H59NO6S/c1-3-47(32-54-33-47)30-52-24-12-6-10-22-50-28-36-16-18-41-39(26-36)45-42(49(41)38-14-8-5-9-15-38)19-21-44-46(45)40-27-37(17-20-43(40)56-44)29-51-23-11-7-13-25-53-31-48(4-2)34-55-35-48/h5,8-9,14-21,26-27H,3-4,6-7,10-13,22-25,28-35H2,1-2H3. The van der Waals surface area contributed by atoms with Gasteiger partial charge in [0.2, 0.25) is 0 Å². The number of thiophene rings is 1. The molecule has 0 spiro atoms. The van der Waals surface area contributed by atoms with Gasteiger partial charge >= 0.3 is 0 Å². The molecule has 0 amide bonds. The van der Waals surface area contributed by atoms with E-state index >= 15 is 0 Å². The molecule has 0 saturated carbocycles. The van der Waals surface area contributed by atoms with Gasteiger partial charge in [-0.25, -0.2) is 0 Å². The molecule has 0 unspecified atom stereocenters. The topological polar surface area (TPSA) is 60.3 Å². The Morgan fingerprint density at radius 1 is 0.554 bits per heavy atom. The van der Waals surface area contributed by atoms with Crippen molar-refractivity contribution in [2.45, 2.75) is 78.4 Å². The molecule has 0 radical (unpaired) electrons. The van der Waals surface area contributed by atoms with E-state index in [4.69, 9.17) is 28.4 Å². The first kappa shape index (κ1) is 39.5. The van der Waals surface area contributed by atoms with Crippen molar-refractivity contribution in [2.24, 2.45) is 10.8 Å². The third-order valence-electron chi connectivity index (χ3n) is 12.1. The quantitative estimate of drug-likeness (QED) is 0.0604. The zero-order valence-corrected chi connectivity index (χ0v) is 34.3. The minimum atomic E-state index is 0.262. The van der Waals surface area contributed by atoms with Crippen LogP contribution in [0.15, 0.2) is 78.9 Å². The lowest BCUT2D eigenvalue weighted by molar-refractivity contribution is -0.150. The van der Waals surface area contributed by atoms with Gasteiger partial charge in [-0.3, -0.25) is 0 Å². The SMILES string of the molecule is CCC1(COCCCCCOCc2ccc3sc4ccc5c(c6cc(COCCCCCOCC7(CC)COC7)ccc6n5-c5ccccc5)c4c3c2)COC1. The predicted octanol–water partition coefficient (Wildman–Crippen LogP) is 11.4. The summed E-state index contributed by atoms with van der Waals surface area (Å²) in [5.74, 6) is 0. The summed E-state index contributed by atoms with van der Waals surface area (Å²) in [5.41, 5.74) is 6.56. The molecule has 8 rings (SSSR count). The minimum absolute atomic E-state index is 0.262. The highest BCUT2D eigenvalue weighted by atomic mass is 32.1. The molecule has 4 aromatic carbocycles. The highest BCUT2D eigenvalue weighted by Crippen LogP contribution is 2.44. The molecule has 6 aromatic rings. The maximum Gasteiger partial charge on any atom is 0.0717 e. The first-order valence-corrected chi connectivity index (χ1v) is 21.9. The predicted molar refractivity (Wildman–Crippen MR) is 229 cm³/mol. The maximum atomic E-state index is 6.25. The van der Waals surface area contributed by atoms with Crippen LogP contribution in [0.1, 0.15) is 76.3 Å². The number of hydrogen-bond donors (Lipinski definition) is 0. The van der Waals surface area contributed by atoms with Crippen LogP contribution in [0.5, 0.6) is 0 Å². The fourth-order valence-electron chi connectivity index (χ4n) is 8.19. The van der Waals surface area contributed by atoms with Crippen LogP contribution < -0.4 is 0 Å². The summed E-state index contributed by atoms with van der Waals surface area (Å²) in [7, 11) is 0. The summed E-state index contributed by atoms with van der Waals surface area (Å²) in [6.07, 6.45) is 8.71. The smallest absolute Gasteiger partial charge is 0.0717 e. The van der Waals surface area contributed by atoms with E-state index in [1.54, 1.807) is 0 Å². The van der Waals surface area contributed by atoms with Crippen molar-refractivity contribution < 1.29 is 28.4 Å². The van der Waals surface area contributed by atoms with Crippen molar-refractivity contribution in [1.29, 1.82) is 0 Å². The molecule has 7 nitrogen and oxygen atoms in total. The summed E-state index contributed by atoms with van der Waals surface area (Å²) in [4.78, 5) is 0. The van der Waals surface area contributed by atoms with Crippen LogP contribution in [-0.2, 0) is 41.6 Å². The summed E-state index contributed by atoms with van der Waals surface area (Å²) < 4.78 is 40.3. The van der Waals surface area contributed by atoms with Gasteiger partial charge in [0.25, 0.3) is 0 Å². The average Bonchev–Trinajstić information content (AvgIpc) is 3.73. The van der Waals surface area contributed by atoms with Crippen LogP contribution in [-0.4, -0.2) is 70.6 Å². The van der Waals surface area contributed by atoms with Gasteiger partial charge in [-0.15, -0.1) is 11.3 Å². The molecular weight excluding hydrogens is 719 g/mol.